The lowest BCUT2D eigenvalue weighted by molar-refractivity contribution is -0.117. The highest BCUT2D eigenvalue weighted by Crippen LogP contribution is 2.31. The number of nitrogens with one attached hydrogen (secondary N) is 1. The number of hydrogen-bond donors (Lipinski definition) is 2. The number of unbranched alkanes of at least 4 members (excludes halogenated alkanes) is 2. The fourth-order valence-electron chi connectivity index (χ4n) is 3.72. The van der Waals surface area contributed by atoms with Crippen molar-refractivity contribution in [3.63, 3.8) is 0 Å². The molecule has 0 bridgehead atoms. The van der Waals surface area contributed by atoms with E-state index in [2.05, 4.69) is 27.1 Å². The van der Waals surface area contributed by atoms with Gasteiger partial charge in [-0.25, -0.2) is 0 Å². The molecule has 26 heavy (non-hydrogen) atoms. The van der Waals surface area contributed by atoms with Crippen LogP contribution in [0, 0.1) is 0 Å². The molecule has 0 unspecified atom stereocenters. The fourth-order valence-corrected chi connectivity index (χ4v) is 3.72. The molecule has 7 nitrogen and oxygen atoms in total. The fraction of sp³-hybridized carbons (Fsp3) is 0.737. The Kier molecular flexibility index (Phi) is 6.66. The topological polar surface area (TPSA) is 87.4 Å². The number of hydrogen-bond acceptors (Lipinski definition) is 6. The molecule has 0 aliphatic carbocycles. The van der Waals surface area contributed by atoms with Crippen LogP contribution in [0.4, 0.5) is 17.6 Å². The molecule has 1 saturated heterocycles. The lowest BCUT2D eigenvalue weighted by atomic mass is 10.1. The molecule has 3 heterocycles. The largest absolute Gasteiger partial charge is 0.383 e. The summed E-state index contributed by atoms with van der Waals surface area (Å²) in [6, 6.07) is 0. The number of rotatable bonds is 9. The Bertz CT molecular complexity index is 614. The molecule has 2 aliphatic rings. The number of anilines is 3. The lowest BCUT2D eigenvalue weighted by Gasteiger charge is -2.26. The summed E-state index contributed by atoms with van der Waals surface area (Å²) in [5.74, 6) is 1.75. The molecule has 2 aliphatic heterocycles. The zero-order valence-electron chi connectivity index (χ0n) is 16.0. The predicted octanol–water partition coefficient (Wildman–Crippen LogP) is 2.43. The zero-order chi connectivity index (χ0) is 18.4. The van der Waals surface area contributed by atoms with E-state index in [0.717, 1.165) is 44.3 Å². The number of likely N-dealkylation sites (tertiary alicyclic amines) is 1. The molecule has 1 fully saturated rings. The Morgan fingerprint density at radius 3 is 2.62 bits per heavy atom. The SMILES string of the molecule is CCCCNc1nc(N)c2c(n1)N(CCCCN1CCCCC1)C(=O)C2. The van der Waals surface area contributed by atoms with E-state index in [1.165, 1.54) is 32.4 Å². The maximum Gasteiger partial charge on any atom is 0.232 e. The van der Waals surface area contributed by atoms with Gasteiger partial charge in [-0.05, 0) is 51.7 Å². The Labute approximate surface area is 156 Å². The van der Waals surface area contributed by atoms with Crippen LogP contribution in [-0.2, 0) is 11.2 Å². The van der Waals surface area contributed by atoms with E-state index in [0.29, 0.717) is 30.5 Å². The molecule has 0 atom stereocenters. The quantitative estimate of drug-likeness (QED) is 0.658. The van der Waals surface area contributed by atoms with Crippen molar-refractivity contribution in [1.29, 1.82) is 0 Å². The zero-order valence-corrected chi connectivity index (χ0v) is 16.0. The van der Waals surface area contributed by atoms with Gasteiger partial charge < -0.3 is 16.0 Å². The van der Waals surface area contributed by atoms with Gasteiger partial charge in [-0.1, -0.05) is 19.8 Å². The number of piperidine rings is 1. The second kappa shape index (κ2) is 9.16. The Morgan fingerprint density at radius 2 is 1.85 bits per heavy atom. The van der Waals surface area contributed by atoms with Crippen LogP contribution in [-0.4, -0.2) is 53.5 Å². The second-order valence-corrected chi connectivity index (χ2v) is 7.35. The normalized spacial score (nSPS) is 17.6. The van der Waals surface area contributed by atoms with Crippen LogP contribution >= 0.6 is 0 Å². The Balaban J connectivity index is 1.56. The standard InChI is InChI=1S/C19H32N6O/c1-2-3-9-21-19-22-17(20)15-14-16(26)25(18(15)23-19)13-8-7-12-24-10-5-4-6-11-24/h2-14H2,1H3,(H3,20,21,22,23). The van der Waals surface area contributed by atoms with Crippen LogP contribution in [0.15, 0.2) is 0 Å². The summed E-state index contributed by atoms with van der Waals surface area (Å²) >= 11 is 0. The molecule has 7 heteroatoms. The molecule has 1 aromatic rings. The summed E-state index contributed by atoms with van der Waals surface area (Å²) in [6.07, 6.45) is 8.60. The molecule has 0 aromatic carbocycles. The third-order valence-corrected chi connectivity index (χ3v) is 5.27. The van der Waals surface area contributed by atoms with Crippen molar-refractivity contribution in [2.45, 2.75) is 58.3 Å². The predicted molar refractivity (Wildman–Crippen MR) is 105 cm³/mol. The van der Waals surface area contributed by atoms with E-state index in [1.807, 2.05) is 0 Å². The Hall–Kier alpha value is -1.89. The summed E-state index contributed by atoms with van der Waals surface area (Å²) in [5, 5.41) is 3.21. The number of aromatic nitrogens is 2. The molecule has 1 aromatic heterocycles. The monoisotopic (exact) mass is 360 g/mol. The van der Waals surface area contributed by atoms with Crippen LogP contribution in [0.5, 0.6) is 0 Å². The molecular formula is C19H32N6O. The van der Waals surface area contributed by atoms with Crippen molar-refractivity contribution in [2.24, 2.45) is 0 Å². The summed E-state index contributed by atoms with van der Waals surface area (Å²) in [4.78, 5) is 25.7. The van der Waals surface area contributed by atoms with Crippen LogP contribution in [0.2, 0.25) is 0 Å². The van der Waals surface area contributed by atoms with Gasteiger partial charge in [-0.3, -0.25) is 9.69 Å². The van der Waals surface area contributed by atoms with E-state index in [9.17, 15) is 4.79 Å². The van der Waals surface area contributed by atoms with Crippen molar-refractivity contribution in [3.8, 4) is 0 Å². The van der Waals surface area contributed by atoms with E-state index in [-0.39, 0.29) is 5.91 Å². The van der Waals surface area contributed by atoms with Gasteiger partial charge in [0, 0.05) is 18.7 Å². The molecule has 3 N–H and O–H groups in total. The lowest BCUT2D eigenvalue weighted by Crippen LogP contribution is -2.32. The van der Waals surface area contributed by atoms with Crippen molar-refractivity contribution in [2.75, 3.05) is 48.7 Å². The highest BCUT2D eigenvalue weighted by Gasteiger charge is 2.31. The van der Waals surface area contributed by atoms with Crippen LogP contribution in [0.3, 0.4) is 0 Å². The summed E-state index contributed by atoms with van der Waals surface area (Å²) in [5.41, 5.74) is 6.86. The van der Waals surface area contributed by atoms with Crippen molar-refractivity contribution >= 4 is 23.5 Å². The first-order valence-electron chi connectivity index (χ1n) is 10.1. The highest BCUT2D eigenvalue weighted by molar-refractivity contribution is 6.01. The van der Waals surface area contributed by atoms with Gasteiger partial charge in [0.05, 0.1) is 6.42 Å². The molecule has 1 amide bonds. The highest BCUT2D eigenvalue weighted by atomic mass is 16.2. The molecule has 3 rings (SSSR count). The van der Waals surface area contributed by atoms with Crippen LogP contribution in [0.25, 0.3) is 0 Å². The Morgan fingerprint density at radius 1 is 1.08 bits per heavy atom. The van der Waals surface area contributed by atoms with Crippen LogP contribution in [0.1, 0.15) is 57.4 Å². The minimum absolute atomic E-state index is 0.0877. The van der Waals surface area contributed by atoms with Gasteiger partial charge >= 0.3 is 0 Å². The minimum atomic E-state index is 0.0877. The third kappa shape index (κ3) is 4.63. The first kappa shape index (κ1) is 18.9. The van der Waals surface area contributed by atoms with Gasteiger partial charge in [-0.15, -0.1) is 0 Å². The first-order chi connectivity index (χ1) is 12.7. The maximum absolute atomic E-state index is 12.4. The van der Waals surface area contributed by atoms with Gasteiger partial charge in [-0.2, -0.15) is 9.97 Å². The number of nitrogen functional groups attached to an aromatic ring is 1. The van der Waals surface area contributed by atoms with E-state index < -0.39 is 0 Å². The number of carbonyl (C=O) groups excluding carboxylic acids is 1. The number of nitrogens with two attached hydrogens (primary N) is 1. The van der Waals surface area contributed by atoms with Crippen molar-refractivity contribution in [1.82, 2.24) is 14.9 Å². The van der Waals surface area contributed by atoms with Crippen molar-refractivity contribution in [3.05, 3.63) is 5.56 Å². The molecule has 0 spiro atoms. The number of carbonyl (C=O) groups is 1. The van der Waals surface area contributed by atoms with E-state index in [1.54, 1.807) is 4.90 Å². The smallest absolute Gasteiger partial charge is 0.232 e. The van der Waals surface area contributed by atoms with E-state index in [4.69, 9.17) is 5.73 Å². The van der Waals surface area contributed by atoms with Crippen molar-refractivity contribution < 1.29 is 4.79 Å². The average Bonchev–Trinajstić information content (AvgIpc) is 2.96. The summed E-state index contributed by atoms with van der Waals surface area (Å²) < 4.78 is 0. The summed E-state index contributed by atoms with van der Waals surface area (Å²) in [7, 11) is 0. The first-order valence-corrected chi connectivity index (χ1v) is 10.1. The summed E-state index contributed by atoms with van der Waals surface area (Å²) in [6.45, 7) is 7.25. The molecule has 0 radical (unpaired) electrons. The van der Waals surface area contributed by atoms with Gasteiger partial charge in [0.2, 0.25) is 11.9 Å². The van der Waals surface area contributed by atoms with Gasteiger partial charge in [0.15, 0.2) is 0 Å². The number of nitrogens with zero attached hydrogens (tertiary/aromatic N) is 4. The minimum Gasteiger partial charge on any atom is -0.383 e. The number of amides is 1. The molecule has 0 saturated carbocycles. The van der Waals surface area contributed by atoms with Gasteiger partial charge in [0.1, 0.15) is 11.6 Å². The van der Waals surface area contributed by atoms with Crippen LogP contribution < -0.4 is 16.0 Å². The van der Waals surface area contributed by atoms with E-state index >= 15 is 0 Å². The maximum atomic E-state index is 12.4. The number of fused-ring (bicyclic) bond motifs is 1. The molecule has 144 valence electrons. The third-order valence-electron chi connectivity index (χ3n) is 5.27. The molecular weight excluding hydrogens is 328 g/mol. The van der Waals surface area contributed by atoms with Gasteiger partial charge in [0.25, 0.3) is 0 Å². The second-order valence-electron chi connectivity index (χ2n) is 7.35. The average molecular weight is 361 g/mol.